The number of quaternary nitrogens is 1. The summed E-state index contributed by atoms with van der Waals surface area (Å²) in [6.07, 6.45) is 1.40. The van der Waals surface area contributed by atoms with E-state index in [-0.39, 0.29) is 5.56 Å². The molecule has 144 valence electrons. The number of nitrogens with zero attached hydrogens (tertiary/aromatic N) is 2. The molecule has 4 rings (SSSR count). The maximum Gasteiger partial charge on any atom is 0.103 e. The third-order valence-electron chi connectivity index (χ3n) is 5.50. The molecule has 6 heteroatoms. The van der Waals surface area contributed by atoms with E-state index in [1.54, 1.807) is 6.07 Å². The Morgan fingerprint density at radius 2 is 1.89 bits per heavy atom. The van der Waals surface area contributed by atoms with Crippen molar-refractivity contribution in [2.75, 3.05) is 31.1 Å². The van der Waals surface area contributed by atoms with E-state index in [2.05, 4.69) is 34.1 Å². The van der Waals surface area contributed by atoms with Gasteiger partial charge >= 0.3 is 0 Å². The smallest absolute Gasteiger partial charge is 0.103 e. The van der Waals surface area contributed by atoms with Crippen LogP contribution in [0.15, 0.2) is 48.7 Å². The lowest BCUT2D eigenvalue weighted by atomic mass is 10.0. The Balaban J connectivity index is 1.63. The molecule has 1 aliphatic heterocycles. The molecule has 0 spiro atoms. The first-order valence-electron chi connectivity index (χ1n) is 9.46. The predicted octanol–water partition coefficient (Wildman–Crippen LogP) is 1.47. The van der Waals surface area contributed by atoms with E-state index in [1.165, 1.54) is 16.7 Å². The van der Waals surface area contributed by atoms with Gasteiger partial charge in [0.15, 0.2) is 0 Å². The van der Waals surface area contributed by atoms with Gasteiger partial charge in [-0.15, -0.1) is 0 Å². The van der Waals surface area contributed by atoms with Gasteiger partial charge in [-0.25, -0.2) is 0 Å². The van der Waals surface area contributed by atoms with E-state index < -0.39 is 5.97 Å². The highest BCUT2D eigenvalue weighted by Gasteiger charge is 2.24. The number of carbonyl (C=O) groups is 1. The van der Waals surface area contributed by atoms with Crippen LogP contribution < -0.4 is 14.9 Å². The van der Waals surface area contributed by atoms with Crippen LogP contribution in [0.5, 0.6) is 0 Å². The second kappa shape index (κ2) is 7.78. The summed E-state index contributed by atoms with van der Waals surface area (Å²) in [7, 11) is 0. The van der Waals surface area contributed by atoms with E-state index in [0.717, 1.165) is 49.2 Å². The Kier molecular flexibility index (Phi) is 5.20. The summed E-state index contributed by atoms with van der Waals surface area (Å²) in [4.78, 5) is 19.8. The third kappa shape index (κ3) is 3.55. The summed E-state index contributed by atoms with van der Waals surface area (Å²) >= 11 is 6.24. The number of halogens is 1. The fraction of sp³-hybridized carbons (Fsp3) is 0.273. The van der Waals surface area contributed by atoms with E-state index in [1.807, 2.05) is 19.1 Å². The first kappa shape index (κ1) is 18.7. The lowest BCUT2D eigenvalue weighted by Gasteiger charge is -2.35. The van der Waals surface area contributed by atoms with Gasteiger partial charge in [-0.3, -0.25) is 4.98 Å². The number of aryl methyl sites for hydroxylation is 1. The molecular weight excluding hydrogens is 374 g/mol. The zero-order valence-corrected chi connectivity index (χ0v) is 16.5. The molecule has 28 heavy (non-hydrogen) atoms. The number of aromatic nitrogens is 1. The van der Waals surface area contributed by atoms with Crippen molar-refractivity contribution in [2.45, 2.75) is 13.5 Å². The largest absolute Gasteiger partial charge is 0.545 e. The fourth-order valence-electron chi connectivity index (χ4n) is 3.97. The van der Waals surface area contributed by atoms with Gasteiger partial charge in [-0.05, 0) is 24.6 Å². The number of piperazine rings is 1. The molecule has 2 aromatic carbocycles. The number of anilines is 1. The van der Waals surface area contributed by atoms with Crippen LogP contribution in [0.2, 0.25) is 5.02 Å². The molecule has 0 unspecified atom stereocenters. The van der Waals surface area contributed by atoms with Crippen LogP contribution in [0.3, 0.4) is 0 Å². The number of carbonyl (C=O) groups excluding carboxylic acids is 1. The Hall–Kier alpha value is -2.63. The van der Waals surface area contributed by atoms with E-state index in [4.69, 9.17) is 11.6 Å². The monoisotopic (exact) mass is 395 g/mol. The minimum Gasteiger partial charge on any atom is -0.545 e. The Labute approximate surface area is 169 Å². The highest BCUT2D eigenvalue weighted by Crippen LogP contribution is 2.33. The van der Waals surface area contributed by atoms with Crippen molar-refractivity contribution in [1.29, 1.82) is 0 Å². The predicted molar refractivity (Wildman–Crippen MR) is 109 cm³/mol. The van der Waals surface area contributed by atoms with E-state index in [9.17, 15) is 9.90 Å². The Morgan fingerprint density at radius 1 is 1.18 bits per heavy atom. The average Bonchev–Trinajstić information content (AvgIpc) is 2.71. The third-order valence-corrected chi connectivity index (χ3v) is 5.91. The molecule has 0 atom stereocenters. The molecule has 3 aromatic rings. The van der Waals surface area contributed by atoms with Crippen molar-refractivity contribution < 1.29 is 14.8 Å². The number of hydrogen-bond donors (Lipinski definition) is 1. The summed E-state index contributed by atoms with van der Waals surface area (Å²) in [6, 6.07) is 14.1. The number of carboxylic acids is 1. The number of nitrogens with one attached hydrogen (secondary N) is 1. The second-order valence-corrected chi connectivity index (χ2v) is 7.68. The lowest BCUT2D eigenvalue weighted by Crippen LogP contribution is -3.13. The van der Waals surface area contributed by atoms with Crippen molar-refractivity contribution in [3.05, 3.63) is 70.4 Å². The summed E-state index contributed by atoms with van der Waals surface area (Å²) in [5, 5.41) is 13.2. The van der Waals surface area contributed by atoms with Gasteiger partial charge in [0.1, 0.15) is 6.54 Å². The van der Waals surface area contributed by atoms with Gasteiger partial charge in [0.2, 0.25) is 0 Å². The normalized spacial score (nSPS) is 15.1. The highest BCUT2D eigenvalue weighted by molar-refractivity contribution is 6.32. The molecule has 1 aromatic heterocycles. The number of rotatable bonds is 4. The quantitative estimate of drug-likeness (QED) is 0.726. The second-order valence-electron chi connectivity index (χ2n) is 7.28. The molecule has 1 N–H and O–H groups in total. The number of carboxylic acid groups (broad SMARTS) is 1. The summed E-state index contributed by atoms with van der Waals surface area (Å²) in [5.74, 6) is -1.20. The van der Waals surface area contributed by atoms with Crippen molar-refractivity contribution in [3.63, 3.8) is 0 Å². The molecule has 1 aliphatic rings. The van der Waals surface area contributed by atoms with Gasteiger partial charge in [-0.1, -0.05) is 41.9 Å². The van der Waals surface area contributed by atoms with Crippen LogP contribution in [-0.4, -0.2) is 37.1 Å². The molecule has 2 heterocycles. The summed E-state index contributed by atoms with van der Waals surface area (Å²) < 4.78 is 0. The minimum absolute atomic E-state index is 0.140. The number of benzene rings is 2. The van der Waals surface area contributed by atoms with Gasteiger partial charge in [0, 0.05) is 27.7 Å². The molecular formula is C22H22ClN3O2. The van der Waals surface area contributed by atoms with Gasteiger partial charge in [-0.2, -0.15) is 0 Å². The van der Waals surface area contributed by atoms with Crippen LogP contribution in [0.4, 0.5) is 5.69 Å². The molecule has 0 saturated carbocycles. The number of fused-ring (bicyclic) bond motifs is 1. The Bertz CT molecular complexity index is 1020. The fourth-order valence-corrected chi connectivity index (χ4v) is 4.12. The zero-order valence-electron chi connectivity index (χ0n) is 15.7. The molecule has 0 aliphatic carbocycles. The van der Waals surface area contributed by atoms with Crippen molar-refractivity contribution >= 4 is 34.2 Å². The number of hydrogen-bond acceptors (Lipinski definition) is 4. The molecule has 0 amide bonds. The average molecular weight is 396 g/mol. The highest BCUT2D eigenvalue weighted by atomic mass is 35.5. The van der Waals surface area contributed by atoms with Crippen LogP contribution in [-0.2, 0) is 6.54 Å². The number of aromatic carboxylic acids is 1. The molecule has 1 saturated heterocycles. The van der Waals surface area contributed by atoms with Crippen LogP contribution in [0.1, 0.15) is 21.5 Å². The first-order chi connectivity index (χ1) is 13.5. The lowest BCUT2D eigenvalue weighted by molar-refractivity contribution is -0.914. The van der Waals surface area contributed by atoms with Crippen LogP contribution >= 0.6 is 11.6 Å². The minimum atomic E-state index is -1.20. The van der Waals surface area contributed by atoms with Crippen molar-refractivity contribution in [1.82, 2.24) is 4.98 Å². The van der Waals surface area contributed by atoms with Gasteiger partial charge in [0.25, 0.3) is 0 Å². The van der Waals surface area contributed by atoms with Crippen LogP contribution in [0.25, 0.3) is 10.9 Å². The maximum absolute atomic E-state index is 11.8. The van der Waals surface area contributed by atoms with Crippen LogP contribution in [0, 0.1) is 6.92 Å². The SMILES string of the molecule is Cc1c(Cl)ccc2c(N3CC[NH+](Cc4ccccc4)CC3)c(C(=O)[O-])cnc12. The topological polar surface area (TPSA) is 60.7 Å². The summed E-state index contributed by atoms with van der Waals surface area (Å²) in [6.45, 7) is 6.33. The standard InChI is InChI=1S/C22H22ClN3O2/c1-15-19(23)8-7-17-20(15)24-13-18(22(27)28)21(17)26-11-9-25(10-12-26)14-16-5-3-2-4-6-16/h2-8,13H,9-12,14H2,1H3,(H,27,28). The van der Waals surface area contributed by atoms with Gasteiger partial charge < -0.3 is 19.7 Å². The zero-order chi connectivity index (χ0) is 19.7. The molecule has 1 fully saturated rings. The molecule has 5 nitrogen and oxygen atoms in total. The molecule has 0 radical (unpaired) electrons. The molecule has 0 bridgehead atoms. The van der Waals surface area contributed by atoms with Crippen molar-refractivity contribution in [2.24, 2.45) is 0 Å². The van der Waals surface area contributed by atoms with E-state index >= 15 is 0 Å². The Morgan fingerprint density at radius 3 is 2.57 bits per heavy atom. The van der Waals surface area contributed by atoms with E-state index in [0.29, 0.717) is 10.7 Å². The maximum atomic E-state index is 11.8. The van der Waals surface area contributed by atoms with Gasteiger partial charge in [0.05, 0.1) is 43.4 Å². The summed E-state index contributed by atoms with van der Waals surface area (Å²) in [5.41, 5.74) is 3.76. The number of pyridine rings is 1. The first-order valence-corrected chi connectivity index (χ1v) is 9.84. The van der Waals surface area contributed by atoms with Crippen molar-refractivity contribution in [3.8, 4) is 0 Å².